The first-order valence-corrected chi connectivity index (χ1v) is 8.01. The van der Waals surface area contributed by atoms with Crippen molar-refractivity contribution in [3.8, 4) is 10.7 Å². The number of hydrogen-bond acceptors (Lipinski definition) is 6. The lowest BCUT2D eigenvalue weighted by molar-refractivity contribution is -0.133. The molecule has 0 radical (unpaired) electrons. The molecule has 0 amide bonds. The van der Waals surface area contributed by atoms with E-state index < -0.39 is 0 Å². The van der Waals surface area contributed by atoms with Gasteiger partial charge in [-0.25, -0.2) is 4.98 Å². The summed E-state index contributed by atoms with van der Waals surface area (Å²) in [6, 6.07) is 5.84. The van der Waals surface area contributed by atoms with Gasteiger partial charge in [0.1, 0.15) is 5.01 Å². The lowest BCUT2D eigenvalue weighted by Gasteiger charge is -2.16. The van der Waals surface area contributed by atoms with Gasteiger partial charge in [0.15, 0.2) is 6.29 Å². The van der Waals surface area contributed by atoms with Gasteiger partial charge in [-0.15, -0.1) is 11.3 Å². The van der Waals surface area contributed by atoms with E-state index in [0.717, 1.165) is 16.4 Å². The van der Waals surface area contributed by atoms with Gasteiger partial charge in [-0.05, 0) is 26.0 Å². The van der Waals surface area contributed by atoms with E-state index in [2.05, 4.69) is 15.3 Å². The second kappa shape index (κ2) is 8.84. The van der Waals surface area contributed by atoms with Gasteiger partial charge in [0, 0.05) is 37.9 Å². The third kappa shape index (κ3) is 5.17. The molecule has 6 heteroatoms. The smallest absolute Gasteiger partial charge is 0.169 e. The Labute approximate surface area is 129 Å². The van der Waals surface area contributed by atoms with E-state index in [1.165, 1.54) is 0 Å². The largest absolute Gasteiger partial charge is 0.352 e. The fraction of sp³-hybridized carbons (Fsp3) is 0.467. The molecular formula is C15H21N3O2S. The number of aromatic nitrogens is 2. The third-order valence-electron chi connectivity index (χ3n) is 2.76. The Kier molecular flexibility index (Phi) is 6.75. The average Bonchev–Trinajstić information content (AvgIpc) is 2.97. The summed E-state index contributed by atoms with van der Waals surface area (Å²) in [4.78, 5) is 8.89. The van der Waals surface area contributed by atoms with Crippen LogP contribution in [0.4, 0.5) is 0 Å². The van der Waals surface area contributed by atoms with Crippen LogP contribution < -0.4 is 5.32 Å². The van der Waals surface area contributed by atoms with Crippen LogP contribution in [0.25, 0.3) is 10.7 Å². The summed E-state index contributed by atoms with van der Waals surface area (Å²) in [5.41, 5.74) is 1.92. The molecule has 2 rings (SSSR count). The molecule has 114 valence electrons. The summed E-state index contributed by atoms with van der Waals surface area (Å²) in [6.45, 7) is 6.56. The number of hydrogen-bond donors (Lipinski definition) is 1. The van der Waals surface area contributed by atoms with Gasteiger partial charge in [-0.3, -0.25) is 4.98 Å². The summed E-state index contributed by atoms with van der Waals surface area (Å²) >= 11 is 1.61. The topological polar surface area (TPSA) is 56.3 Å². The van der Waals surface area contributed by atoms with Crippen LogP contribution in [0.2, 0.25) is 0 Å². The fourth-order valence-corrected chi connectivity index (χ4v) is 2.65. The van der Waals surface area contributed by atoms with Crippen LogP contribution in [0.1, 0.15) is 19.5 Å². The minimum atomic E-state index is -0.200. The monoisotopic (exact) mass is 307 g/mol. The van der Waals surface area contributed by atoms with Crippen molar-refractivity contribution >= 4 is 11.3 Å². The molecule has 0 unspecified atom stereocenters. The van der Waals surface area contributed by atoms with Gasteiger partial charge in [0.2, 0.25) is 0 Å². The Bertz CT molecular complexity index is 513. The molecule has 0 saturated carbocycles. The highest BCUT2D eigenvalue weighted by Crippen LogP contribution is 2.21. The Hall–Kier alpha value is -1.34. The van der Waals surface area contributed by atoms with Crippen LogP contribution in [-0.2, 0) is 16.0 Å². The molecule has 0 aliphatic carbocycles. The number of thiazole rings is 1. The van der Waals surface area contributed by atoms with Crippen LogP contribution in [0.3, 0.4) is 0 Å². The van der Waals surface area contributed by atoms with Gasteiger partial charge >= 0.3 is 0 Å². The molecule has 2 aromatic rings. The molecule has 21 heavy (non-hydrogen) atoms. The maximum absolute atomic E-state index is 5.48. The molecule has 0 atom stereocenters. The lowest BCUT2D eigenvalue weighted by atomic mass is 10.3. The molecule has 0 aliphatic rings. The predicted molar refractivity (Wildman–Crippen MR) is 84.1 cm³/mol. The fourth-order valence-electron chi connectivity index (χ4n) is 1.85. The third-order valence-corrected chi connectivity index (χ3v) is 3.67. The van der Waals surface area contributed by atoms with Crippen molar-refractivity contribution < 1.29 is 9.47 Å². The van der Waals surface area contributed by atoms with E-state index >= 15 is 0 Å². The number of pyridine rings is 1. The van der Waals surface area contributed by atoms with E-state index in [-0.39, 0.29) is 6.29 Å². The highest BCUT2D eigenvalue weighted by Gasteiger charge is 2.09. The Morgan fingerprint density at radius 2 is 2.05 bits per heavy atom. The Morgan fingerprint density at radius 3 is 2.71 bits per heavy atom. The molecule has 2 heterocycles. The Morgan fingerprint density at radius 1 is 1.24 bits per heavy atom. The van der Waals surface area contributed by atoms with Crippen LogP contribution in [0.15, 0.2) is 29.8 Å². The summed E-state index contributed by atoms with van der Waals surface area (Å²) < 4.78 is 11.0. The zero-order valence-corrected chi connectivity index (χ0v) is 13.2. The Balaban J connectivity index is 1.83. The highest BCUT2D eigenvalue weighted by molar-refractivity contribution is 7.13. The van der Waals surface area contributed by atoms with Crippen LogP contribution in [0.5, 0.6) is 0 Å². The van der Waals surface area contributed by atoms with Crippen LogP contribution >= 0.6 is 11.3 Å². The zero-order valence-electron chi connectivity index (χ0n) is 12.4. The number of nitrogens with zero attached hydrogens (tertiary/aromatic N) is 2. The highest BCUT2D eigenvalue weighted by atomic mass is 32.1. The van der Waals surface area contributed by atoms with Crippen molar-refractivity contribution in [3.05, 3.63) is 35.5 Å². The molecule has 1 N–H and O–H groups in total. The van der Waals surface area contributed by atoms with E-state index in [1.807, 2.05) is 37.4 Å². The lowest BCUT2D eigenvalue weighted by Crippen LogP contribution is -2.31. The van der Waals surface area contributed by atoms with E-state index in [4.69, 9.17) is 9.47 Å². The first-order chi connectivity index (χ1) is 10.3. The van der Waals surface area contributed by atoms with Gasteiger partial charge in [-0.2, -0.15) is 0 Å². The number of ether oxygens (including phenoxy) is 2. The first-order valence-electron chi connectivity index (χ1n) is 7.13. The standard InChI is InChI=1S/C15H21N3O2S/c1-3-19-14(20-4-2)10-16-9-12-11-21-15(18-12)13-7-5-6-8-17-13/h5-8,11,14,16H,3-4,9-10H2,1-2H3. The van der Waals surface area contributed by atoms with E-state index in [1.54, 1.807) is 17.5 Å². The second-order valence-corrected chi connectivity index (χ2v) is 5.19. The SMILES string of the molecule is CCOC(CNCc1csc(-c2ccccn2)n1)OCC. The van der Waals surface area contributed by atoms with Crippen molar-refractivity contribution in [1.82, 2.24) is 15.3 Å². The van der Waals surface area contributed by atoms with Crippen molar-refractivity contribution in [2.24, 2.45) is 0 Å². The summed E-state index contributed by atoms with van der Waals surface area (Å²) in [6.07, 6.45) is 1.58. The normalized spacial score (nSPS) is 11.2. The van der Waals surface area contributed by atoms with Crippen molar-refractivity contribution in [3.63, 3.8) is 0 Å². The molecule has 0 saturated heterocycles. The zero-order chi connectivity index (χ0) is 14.9. The summed E-state index contributed by atoms with van der Waals surface area (Å²) in [5, 5.41) is 6.30. The predicted octanol–water partition coefficient (Wildman–Crippen LogP) is 2.69. The molecule has 5 nitrogen and oxygen atoms in total. The quantitative estimate of drug-likeness (QED) is 0.722. The van der Waals surface area contributed by atoms with Crippen LogP contribution in [0, 0.1) is 0 Å². The molecule has 0 fully saturated rings. The second-order valence-electron chi connectivity index (χ2n) is 4.33. The van der Waals surface area contributed by atoms with E-state index in [0.29, 0.717) is 26.3 Å². The maximum atomic E-state index is 5.48. The average molecular weight is 307 g/mol. The van der Waals surface area contributed by atoms with Gasteiger partial charge in [0.25, 0.3) is 0 Å². The molecule has 0 aromatic carbocycles. The van der Waals surface area contributed by atoms with E-state index in [9.17, 15) is 0 Å². The van der Waals surface area contributed by atoms with Gasteiger partial charge < -0.3 is 14.8 Å². The van der Waals surface area contributed by atoms with Crippen molar-refractivity contribution in [1.29, 1.82) is 0 Å². The molecular weight excluding hydrogens is 286 g/mol. The van der Waals surface area contributed by atoms with Gasteiger partial charge in [-0.1, -0.05) is 6.07 Å². The molecule has 2 aromatic heterocycles. The molecule has 0 bridgehead atoms. The maximum Gasteiger partial charge on any atom is 0.169 e. The number of nitrogens with one attached hydrogen (secondary N) is 1. The minimum Gasteiger partial charge on any atom is -0.352 e. The molecule has 0 spiro atoms. The summed E-state index contributed by atoms with van der Waals surface area (Å²) in [5.74, 6) is 0. The van der Waals surface area contributed by atoms with Crippen molar-refractivity contribution in [2.45, 2.75) is 26.7 Å². The summed E-state index contributed by atoms with van der Waals surface area (Å²) in [7, 11) is 0. The molecule has 0 aliphatic heterocycles. The van der Waals surface area contributed by atoms with Gasteiger partial charge in [0.05, 0.1) is 11.4 Å². The van der Waals surface area contributed by atoms with Crippen molar-refractivity contribution in [2.75, 3.05) is 19.8 Å². The first kappa shape index (κ1) is 16.0. The number of rotatable bonds is 9. The van der Waals surface area contributed by atoms with Crippen LogP contribution in [-0.4, -0.2) is 36.0 Å². The minimum absolute atomic E-state index is 0.200.